The first-order valence-corrected chi connectivity index (χ1v) is 9.24. The number of hydrogen-bond acceptors (Lipinski definition) is 3. The number of sulfonamides is 1. The Morgan fingerprint density at radius 2 is 1.76 bits per heavy atom. The fraction of sp³-hybridized carbons (Fsp3) is 0.500. The Labute approximate surface area is 135 Å². The molecule has 5 nitrogen and oxygen atoms in total. The predicted molar refractivity (Wildman–Crippen MR) is 86.8 cm³/mol. The van der Waals surface area contributed by atoms with Gasteiger partial charge in [-0.25, -0.2) is 8.42 Å². The highest BCUT2D eigenvalue weighted by molar-refractivity contribution is 9.08. The smallest absolute Gasteiger partial charge is 0.243 e. The molecule has 0 radical (unpaired) electrons. The number of hydrogen-bond donors (Lipinski definition) is 0. The van der Waals surface area contributed by atoms with Crippen molar-refractivity contribution < 1.29 is 13.2 Å². The maximum absolute atomic E-state index is 12.6. The van der Waals surface area contributed by atoms with Crippen LogP contribution in [0.15, 0.2) is 29.2 Å². The standard InChI is InChI=1S/C14H21BrN2O3S/c1-4-9-17(11-14(18)16(2)3)21(19,20)13-7-5-12(10-15)6-8-13/h5-8H,4,9-11H2,1-3H3. The van der Waals surface area contributed by atoms with Gasteiger partial charge in [0.2, 0.25) is 15.9 Å². The van der Waals surface area contributed by atoms with Crippen LogP contribution in [0.5, 0.6) is 0 Å². The molecule has 0 unspecified atom stereocenters. The van der Waals surface area contributed by atoms with Gasteiger partial charge in [-0.15, -0.1) is 0 Å². The molecule has 0 saturated heterocycles. The number of alkyl halides is 1. The van der Waals surface area contributed by atoms with E-state index in [2.05, 4.69) is 15.9 Å². The van der Waals surface area contributed by atoms with Crippen molar-refractivity contribution in [2.24, 2.45) is 0 Å². The van der Waals surface area contributed by atoms with E-state index >= 15 is 0 Å². The van der Waals surface area contributed by atoms with Crippen molar-refractivity contribution in [3.8, 4) is 0 Å². The predicted octanol–water partition coefficient (Wildman–Crippen LogP) is 2.07. The highest BCUT2D eigenvalue weighted by Gasteiger charge is 2.26. The Kier molecular flexibility index (Phi) is 6.83. The summed E-state index contributed by atoms with van der Waals surface area (Å²) in [5.74, 6) is -0.232. The third-order valence-electron chi connectivity index (χ3n) is 3.00. The molecule has 0 aliphatic carbocycles. The maximum Gasteiger partial charge on any atom is 0.243 e. The first-order chi connectivity index (χ1) is 9.82. The van der Waals surface area contributed by atoms with Gasteiger partial charge in [-0.2, -0.15) is 4.31 Å². The van der Waals surface area contributed by atoms with Crippen LogP contribution >= 0.6 is 15.9 Å². The number of halogens is 1. The lowest BCUT2D eigenvalue weighted by atomic mass is 10.2. The van der Waals surface area contributed by atoms with Crippen LogP contribution in [-0.2, 0) is 20.1 Å². The molecular formula is C14H21BrN2O3S. The van der Waals surface area contributed by atoms with Crippen LogP contribution in [0.3, 0.4) is 0 Å². The maximum atomic E-state index is 12.6. The van der Waals surface area contributed by atoms with Crippen LogP contribution in [0.4, 0.5) is 0 Å². The van der Waals surface area contributed by atoms with Crippen LogP contribution in [0.2, 0.25) is 0 Å². The molecule has 0 saturated carbocycles. The van der Waals surface area contributed by atoms with E-state index in [-0.39, 0.29) is 17.3 Å². The molecule has 0 aliphatic heterocycles. The van der Waals surface area contributed by atoms with Gasteiger partial charge in [0, 0.05) is 26.0 Å². The topological polar surface area (TPSA) is 57.7 Å². The highest BCUT2D eigenvalue weighted by Crippen LogP contribution is 2.18. The molecule has 0 atom stereocenters. The molecule has 118 valence electrons. The van der Waals surface area contributed by atoms with Crippen LogP contribution in [0, 0.1) is 0 Å². The first-order valence-electron chi connectivity index (χ1n) is 6.68. The lowest BCUT2D eigenvalue weighted by Crippen LogP contribution is -2.40. The lowest BCUT2D eigenvalue weighted by Gasteiger charge is -2.23. The molecule has 1 amide bonds. The molecule has 0 N–H and O–H groups in total. The summed E-state index contributed by atoms with van der Waals surface area (Å²) >= 11 is 3.32. The minimum absolute atomic E-state index is 0.136. The number of likely N-dealkylation sites (N-methyl/N-ethyl adjacent to an activating group) is 1. The Balaban J connectivity index is 3.05. The zero-order valence-electron chi connectivity index (χ0n) is 12.5. The normalized spacial score (nSPS) is 11.7. The summed E-state index contributed by atoms with van der Waals surface area (Å²) < 4.78 is 26.5. The van der Waals surface area contributed by atoms with Crippen molar-refractivity contribution in [2.75, 3.05) is 27.2 Å². The average molecular weight is 377 g/mol. The van der Waals surface area contributed by atoms with Gasteiger partial charge in [0.05, 0.1) is 11.4 Å². The Morgan fingerprint density at radius 3 is 2.19 bits per heavy atom. The van der Waals surface area contributed by atoms with Crippen molar-refractivity contribution in [1.29, 1.82) is 0 Å². The number of rotatable bonds is 7. The zero-order valence-corrected chi connectivity index (χ0v) is 14.9. The zero-order chi connectivity index (χ0) is 16.0. The largest absolute Gasteiger partial charge is 0.348 e. The molecule has 21 heavy (non-hydrogen) atoms. The summed E-state index contributed by atoms with van der Waals surface area (Å²) in [6.07, 6.45) is 0.652. The number of benzene rings is 1. The van der Waals surface area contributed by atoms with Gasteiger partial charge in [-0.05, 0) is 24.1 Å². The van der Waals surface area contributed by atoms with Crippen LogP contribution in [0.1, 0.15) is 18.9 Å². The summed E-state index contributed by atoms with van der Waals surface area (Å²) in [6, 6.07) is 6.68. The number of amides is 1. The van der Waals surface area contributed by atoms with Gasteiger partial charge in [0.1, 0.15) is 0 Å². The van der Waals surface area contributed by atoms with E-state index in [1.54, 1.807) is 38.4 Å². The quantitative estimate of drug-likeness (QED) is 0.684. The van der Waals surface area contributed by atoms with E-state index in [1.807, 2.05) is 6.92 Å². The third kappa shape index (κ3) is 4.79. The van der Waals surface area contributed by atoms with Crippen LogP contribution in [0.25, 0.3) is 0 Å². The summed E-state index contributed by atoms with van der Waals surface area (Å²) in [7, 11) is -0.416. The van der Waals surface area contributed by atoms with E-state index in [9.17, 15) is 13.2 Å². The minimum atomic E-state index is -3.65. The van der Waals surface area contributed by atoms with Crippen molar-refractivity contribution in [2.45, 2.75) is 23.6 Å². The molecule has 7 heteroatoms. The van der Waals surface area contributed by atoms with Crippen molar-refractivity contribution in [1.82, 2.24) is 9.21 Å². The van der Waals surface area contributed by atoms with Crippen molar-refractivity contribution in [3.05, 3.63) is 29.8 Å². The van der Waals surface area contributed by atoms with Gasteiger partial charge in [0.25, 0.3) is 0 Å². The third-order valence-corrected chi connectivity index (χ3v) is 5.51. The summed E-state index contributed by atoms with van der Waals surface area (Å²) in [5.41, 5.74) is 1.00. The van der Waals surface area contributed by atoms with E-state index in [1.165, 1.54) is 9.21 Å². The average Bonchev–Trinajstić information content (AvgIpc) is 2.46. The number of nitrogens with zero attached hydrogens (tertiary/aromatic N) is 2. The Hall–Kier alpha value is -0.920. The molecule has 0 aromatic heterocycles. The number of carbonyl (C=O) groups is 1. The summed E-state index contributed by atoms with van der Waals surface area (Å²) in [5, 5.41) is 0.672. The SMILES string of the molecule is CCCN(CC(=O)N(C)C)S(=O)(=O)c1ccc(CBr)cc1. The van der Waals surface area contributed by atoms with Crippen LogP contribution < -0.4 is 0 Å². The summed E-state index contributed by atoms with van der Waals surface area (Å²) in [4.78, 5) is 13.4. The molecule has 0 bridgehead atoms. The molecule has 0 aliphatic rings. The van der Waals surface area contributed by atoms with Gasteiger partial charge in [0.15, 0.2) is 0 Å². The van der Waals surface area contributed by atoms with E-state index in [4.69, 9.17) is 0 Å². The van der Waals surface area contributed by atoms with Crippen molar-refractivity contribution in [3.63, 3.8) is 0 Å². The second-order valence-electron chi connectivity index (χ2n) is 4.90. The molecule has 1 aromatic rings. The molecule has 0 fully saturated rings. The molecule has 0 heterocycles. The van der Waals surface area contributed by atoms with Crippen molar-refractivity contribution >= 4 is 31.9 Å². The monoisotopic (exact) mass is 376 g/mol. The Morgan fingerprint density at radius 1 is 1.19 bits per heavy atom. The fourth-order valence-electron chi connectivity index (χ4n) is 1.73. The molecule has 0 spiro atoms. The molecule has 1 rings (SSSR count). The Bertz CT molecular complexity index is 570. The van der Waals surface area contributed by atoms with Gasteiger partial charge in [-0.3, -0.25) is 4.79 Å². The highest BCUT2D eigenvalue weighted by atomic mass is 79.9. The summed E-state index contributed by atoms with van der Waals surface area (Å²) in [6.45, 7) is 2.07. The minimum Gasteiger partial charge on any atom is -0.348 e. The second kappa shape index (κ2) is 7.91. The van der Waals surface area contributed by atoms with Gasteiger partial charge >= 0.3 is 0 Å². The second-order valence-corrected chi connectivity index (χ2v) is 7.40. The van der Waals surface area contributed by atoms with E-state index in [0.29, 0.717) is 18.3 Å². The van der Waals surface area contributed by atoms with E-state index in [0.717, 1.165) is 5.56 Å². The fourth-order valence-corrected chi connectivity index (χ4v) is 3.58. The number of carbonyl (C=O) groups excluding carboxylic acids is 1. The molecular weight excluding hydrogens is 356 g/mol. The van der Waals surface area contributed by atoms with Gasteiger partial charge in [-0.1, -0.05) is 35.0 Å². The van der Waals surface area contributed by atoms with E-state index < -0.39 is 10.0 Å². The lowest BCUT2D eigenvalue weighted by molar-refractivity contribution is -0.128. The van der Waals surface area contributed by atoms with Gasteiger partial charge < -0.3 is 4.90 Å². The first kappa shape index (κ1) is 18.1. The van der Waals surface area contributed by atoms with Crippen LogP contribution in [-0.4, -0.2) is 50.7 Å². The molecule has 1 aromatic carbocycles.